The zero-order valence-electron chi connectivity index (χ0n) is 11.4. The van der Waals surface area contributed by atoms with Crippen LogP contribution in [0.2, 0.25) is 0 Å². The molecule has 0 aromatic heterocycles. The fourth-order valence-corrected chi connectivity index (χ4v) is 2.40. The highest BCUT2D eigenvalue weighted by molar-refractivity contribution is 5.85. The summed E-state index contributed by atoms with van der Waals surface area (Å²) in [7, 11) is 0. The third kappa shape index (κ3) is 2.94. The van der Waals surface area contributed by atoms with Gasteiger partial charge in [-0.2, -0.15) is 0 Å². The summed E-state index contributed by atoms with van der Waals surface area (Å²) >= 11 is 0. The van der Waals surface area contributed by atoms with Crippen LogP contribution in [0.5, 0.6) is 0 Å². The summed E-state index contributed by atoms with van der Waals surface area (Å²) in [5.41, 5.74) is 2.53. The number of aliphatic imine (C=N–C) groups is 1. The van der Waals surface area contributed by atoms with Crippen molar-refractivity contribution in [3.05, 3.63) is 83.9 Å². The van der Waals surface area contributed by atoms with E-state index in [4.69, 9.17) is 0 Å². The lowest BCUT2D eigenvalue weighted by molar-refractivity contribution is 0.982. The van der Waals surface area contributed by atoms with E-state index in [1.807, 2.05) is 24.4 Å². The first kappa shape index (κ1) is 12.6. The first-order valence-corrected chi connectivity index (χ1v) is 6.95. The fraction of sp³-hybridized carbons (Fsp3) is 0.105. The smallest absolute Gasteiger partial charge is 0.0430 e. The van der Waals surface area contributed by atoms with Crippen LogP contribution >= 0.6 is 0 Å². The molecule has 0 heterocycles. The average Bonchev–Trinajstić information content (AvgIpc) is 2.53. The van der Waals surface area contributed by atoms with E-state index in [1.165, 1.54) is 16.3 Å². The van der Waals surface area contributed by atoms with Gasteiger partial charge in [0, 0.05) is 12.8 Å². The monoisotopic (exact) mass is 259 g/mol. The maximum absolute atomic E-state index is 4.52. The Kier molecular flexibility index (Phi) is 3.88. The second kappa shape index (κ2) is 6.16. The van der Waals surface area contributed by atoms with E-state index in [0.29, 0.717) is 0 Å². The molecule has 98 valence electrons. The second-order valence-corrected chi connectivity index (χ2v) is 4.83. The minimum atomic E-state index is 0.822. The average molecular weight is 259 g/mol. The Morgan fingerprint density at radius 1 is 0.750 bits per heavy atom. The normalized spacial score (nSPS) is 11.2. The van der Waals surface area contributed by atoms with Gasteiger partial charge in [0.15, 0.2) is 0 Å². The van der Waals surface area contributed by atoms with E-state index in [9.17, 15) is 0 Å². The van der Waals surface area contributed by atoms with Crippen LogP contribution in [0.1, 0.15) is 11.1 Å². The Morgan fingerprint density at radius 3 is 2.40 bits per heavy atom. The molecular formula is C19H17N. The van der Waals surface area contributed by atoms with Crippen LogP contribution in [0.15, 0.2) is 77.8 Å². The van der Waals surface area contributed by atoms with Crippen molar-refractivity contribution in [2.24, 2.45) is 4.99 Å². The van der Waals surface area contributed by atoms with E-state index in [-0.39, 0.29) is 0 Å². The minimum Gasteiger partial charge on any atom is -0.292 e. The van der Waals surface area contributed by atoms with Crippen molar-refractivity contribution in [2.75, 3.05) is 6.54 Å². The topological polar surface area (TPSA) is 12.4 Å². The van der Waals surface area contributed by atoms with Crippen molar-refractivity contribution in [2.45, 2.75) is 6.42 Å². The predicted molar refractivity (Wildman–Crippen MR) is 86.6 cm³/mol. The van der Waals surface area contributed by atoms with Crippen molar-refractivity contribution in [3.8, 4) is 0 Å². The number of hydrogen-bond donors (Lipinski definition) is 0. The highest BCUT2D eigenvalue weighted by atomic mass is 14.7. The van der Waals surface area contributed by atoms with Crippen LogP contribution in [0.4, 0.5) is 0 Å². The van der Waals surface area contributed by atoms with Crippen molar-refractivity contribution in [1.82, 2.24) is 0 Å². The Morgan fingerprint density at radius 2 is 1.50 bits per heavy atom. The van der Waals surface area contributed by atoms with Crippen LogP contribution in [-0.2, 0) is 6.42 Å². The fourth-order valence-electron chi connectivity index (χ4n) is 2.40. The Bertz CT molecular complexity index is 709. The number of benzene rings is 3. The third-order valence-electron chi connectivity index (χ3n) is 3.43. The standard InChI is InChI=1S/C19H17N/c1-2-7-16(8-3-1)15-20-14-13-18-11-6-10-17-9-4-5-12-19(17)18/h1-12,15H,13-14H2. The van der Waals surface area contributed by atoms with Crippen LogP contribution in [0.25, 0.3) is 10.8 Å². The summed E-state index contributed by atoms with van der Waals surface area (Å²) in [4.78, 5) is 4.52. The largest absolute Gasteiger partial charge is 0.292 e. The van der Waals surface area contributed by atoms with E-state index < -0.39 is 0 Å². The number of fused-ring (bicyclic) bond motifs is 1. The van der Waals surface area contributed by atoms with Gasteiger partial charge in [0.1, 0.15) is 0 Å². The van der Waals surface area contributed by atoms with Crippen molar-refractivity contribution >= 4 is 17.0 Å². The molecule has 0 aliphatic carbocycles. The molecule has 0 spiro atoms. The molecule has 0 radical (unpaired) electrons. The van der Waals surface area contributed by atoms with E-state index >= 15 is 0 Å². The Hall–Kier alpha value is -2.41. The van der Waals surface area contributed by atoms with Crippen LogP contribution in [0.3, 0.4) is 0 Å². The number of rotatable bonds is 4. The molecule has 0 aliphatic rings. The second-order valence-electron chi connectivity index (χ2n) is 4.83. The Labute approximate surface area is 119 Å². The van der Waals surface area contributed by atoms with Gasteiger partial charge in [-0.15, -0.1) is 0 Å². The summed E-state index contributed by atoms with van der Waals surface area (Å²) < 4.78 is 0. The maximum atomic E-state index is 4.52. The van der Waals surface area contributed by atoms with Gasteiger partial charge >= 0.3 is 0 Å². The quantitative estimate of drug-likeness (QED) is 0.612. The first-order chi connectivity index (χ1) is 9.93. The first-order valence-electron chi connectivity index (χ1n) is 6.95. The molecular weight excluding hydrogens is 242 g/mol. The highest BCUT2D eigenvalue weighted by Crippen LogP contribution is 2.18. The molecule has 0 fully saturated rings. The van der Waals surface area contributed by atoms with E-state index in [1.54, 1.807) is 0 Å². The maximum Gasteiger partial charge on any atom is 0.0430 e. The number of nitrogens with zero attached hydrogens (tertiary/aromatic N) is 1. The molecule has 0 N–H and O–H groups in total. The SMILES string of the molecule is C(=NCCc1cccc2ccccc12)c1ccccc1. The molecule has 1 heteroatoms. The lowest BCUT2D eigenvalue weighted by Gasteiger charge is -2.04. The van der Waals surface area contributed by atoms with Crippen LogP contribution < -0.4 is 0 Å². The van der Waals surface area contributed by atoms with Gasteiger partial charge in [-0.3, -0.25) is 4.99 Å². The molecule has 0 atom stereocenters. The summed E-state index contributed by atoms with van der Waals surface area (Å²) in [6.07, 6.45) is 2.93. The zero-order chi connectivity index (χ0) is 13.6. The molecule has 3 rings (SSSR count). The highest BCUT2D eigenvalue weighted by Gasteiger charge is 1.98. The van der Waals surface area contributed by atoms with Gasteiger partial charge in [0.2, 0.25) is 0 Å². The lowest BCUT2D eigenvalue weighted by Crippen LogP contribution is -1.92. The Balaban J connectivity index is 1.70. The zero-order valence-corrected chi connectivity index (χ0v) is 11.4. The predicted octanol–water partition coefficient (Wildman–Crippen LogP) is 4.50. The summed E-state index contributed by atoms with van der Waals surface area (Å²) in [6.45, 7) is 0.822. The molecule has 20 heavy (non-hydrogen) atoms. The van der Waals surface area contributed by atoms with Gasteiger partial charge in [0.05, 0.1) is 0 Å². The van der Waals surface area contributed by atoms with Gasteiger partial charge in [-0.25, -0.2) is 0 Å². The van der Waals surface area contributed by atoms with Crippen molar-refractivity contribution in [3.63, 3.8) is 0 Å². The molecule has 0 saturated carbocycles. The van der Waals surface area contributed by atoms with Gasteiger partial charge < -0.3 is 0 Å². The van der Waals surface area contributed by atoms with Crippen LogP contribution in [-0.4, -0.2) is 12.8 Å². The molecule has 0 unspecified atom stereocenters. The molecule has 0 bridgehead atoms. The molecule has 1 nitrogen and oxygen atoms in total. The molecule has 0 saturated heterocycles. The molecule has 0 aliphatic heterocycles. The van der Waals surface area contributed by atoms with Crippen molar-refractivity contribution < 1.29 is 0 Å². The van der Waals surface area contributed by atoms with Crippen molar-refractivity contribution in [1.29, 1.82) is 0 Å². The molecule has 3 aromatic rings. The minimum absolute atomic E-state index is 0.822. The van der Waals surface area contributed by atoms with Crippen LogP contribution in [0, 0.1) is 0 Å². The van der Waals surface area contributed by atoms with E-state index in [2.05, 4.69) is 59.6 Å². The van der Waals surface area contributed by atoms with E-state index in [0.717, 1.165) is 18.5 Å². The van der Waals surface area contributed by atoms with Gasteiger partial charge in [-0.1, -0.05) is 72.8 Å². The molecule has 3 aromatic carbocycles. The lowest BCUT2D eigenvalue weighted by atomic mass is 10.0. The molecule has 0 amide bonds. The number of hydrogen-bond acceptors (Lipinski definition) is 1. The van der Waals surface area contributed by atoms with Gasteiger partial charge in [0.25, 0.3) is 0 Å². The van der Waals surface area contributed by atoms with Gasteiger partial charge in [-0.05, 0) is 28.3 Å². The summed E-state index contributed by atoms with van der Waals surface area (Å²) in [5.74, 6) is 0. The summed E-state index contributed by atoms with van der Waals surface area (Å²) in [5, 5.41) is 2.64. The third-order valence-corrected chi connectivity index (χ3v) is 3.43. The summed E-state index contributed by atoms with van der Waals surface area (Å²) in [6, 6.07) is 25.2.